The molecule has 1 aromatic rings. The molecule has 132 valence electrons. The number of rotatable bonds is 5. The van der Waals surface area contributed by atoms with E-state index in [9.17, 15) is 9.59 Å². The number of morpholine rings is 1. The average Bonchev–Trinajstić information content (AvgIpc) is 3.14. The van der Waals surface area contributed by atoms with Crippen molar-refractivity contribution in [2.75, 3.05) is 45.9 Å². The van der Waals surface area contributed by atoms with Crippen LogP contribution in [-0.2, 0) is 20.9 Å². The molecule has 0 saturated carbocycles. The molecule has 0 bridgehead atoms. The first-order valence-corrected chi connectivity index (χ1v) is 8.60. The number of piperidine rings is 1. The summed E-state index contributed by atoms with van der Waals surface area (Å²) in [5.74, 6) is 0.905. The highest BCUT2D eigenvalue weighted by atomic mass is 16.5. The predicted octanol–water partition coefficient (Wildman–Crippen LogP) is 0.467. The van der Waals surface area contributed by atoms with Gasteiger partial charge in [0.15, 0.2) is 0 Å². The summed E-state index contributed by atoms with van der Waals surface area (Å²) in [7, 11) is 0. The van der Waals surface area contributed by atoms with Crippen LogP contribution in [-0.4, -0.2) is 67.6 Å². The van der Waals surface area contributed by atoms with E-state index in [1.54, 1.807) is 12.3 Å². The van der Waals surface area contributed by atoms with Gasteiger partial charge in [-0.2, -0.15) is 0 Å². The quantitative estimate of drug-likeness (QED) is 0.846. The van der Waals surface area contributed by atoms with Crippen LogP contribution in [0.25, 0.3) is 0 Å². The van der Waals surface area contributed by atoms with Gasteiger partial charge in [-0.3, -0.25) is 14.5 Å². The van der Waals surface area contributed by atoms with E-state index in [1.165, 1.54) is 0 Å². The number of furan rings is 1. The van der Waals surface area contributed by atoms with Gasteiger partial charge in [0.1, 0.15) is 5.76 Å². The van der Waals surface area contributed by atoms with E-state index in [0.29, 0.717) is 45.9 Å². The van der Waals surface area contributed by atoms with E-state index in [2.05, 4.69) is 10.2 Å². The zero-order valence-electron chi connectivity index (χ0n) is 13.9. The molecule has 2 aliphatic rings. The monoisotopic (exact) mass is 335 g/mol. The van der Waals surface area contributed by atoms with Gasteiger partial charge in [-0.05, 0) is 31.5 Å². The van der Waals surface area contributed by atoms with Crippen LogP contribution >= 0.6 is 0 Å². The summed E-state index contributed by atoms with van der Waals surface area (Å²) < 4.78 is 10.5. The Balaban J connectivity index is 1.44. The minimum Gasteiger partial charge on any atom is -0.467 e. The number of ether oxygens (including phenoxy) is 1. The second-order valence-electron chi connectivity index (χ2n) is 6.37. The molecule has 2 amide bonds. The van der Waals surface area contributed by atoms with E-state index in [1.807, 2.05) is 11.0 Å². The van der Waals surface area contributed by atoms with Crippen molar-refractivity contribution in [1.82, 2.24) is 15.1 Å². The van der Waals surface area contributed by atoms with Crippen molar-refractivity contribution in [1.29, 1.82) is 0 Å². The first kappa shape index (κ1) is 17.0. The van der Waals surface area contributed by atoms with Gasteiger partial charge in [-0.1, -0.05) is 0 Å². The van der Waals surface area contributed by atoms with E-state index >= 15 is 0 Å². The van der Waals surface area contributed by atoms with Crippen LogP contribution in [0.2, 0.25) is 0 Å². The molecule has 0 radical (unpaired) electrons. The summed E-state index contributed by atoms with van der Waals surface area (Å²) >= 11 is 0. The fourth-order valence-corrected chi connectivity index (χ4v) is 3.30. The third-order valence-electron chi connectivity index (χ3n) is 4.58. The molecule has 7 nitrogen and oxygen atoms in total. The Bertz CT molecular complexity index is 540. The molecule has 3 rings (SSSR count). The molecule has 1 atom stereocenters. The second kappa shape index (κ2) is 8.30. The Morgan fingerprint density at radius 2 is 2.08 bits per heavy atom. The molecule has 0 aliphatic carbocycles. The number of hydrogen-bond acceptors (Lipinski definition) is 5. The van der Waals surface area contributed by atoms with Crippen molar-refractivity contribution in [3.8, 4) is 0 Å². The lowest BCUT2D eigenvalue weighted by molar-refractivity contribution is -0.142. The molecular formula is C17H25N3O4. The largest absolute Gasteiger partial charge is 0.467 e. The Hall–Kier alpha value is -1.86. The van der Waals surface area contributed by atoms with Crippen LogP contribution < -0.4 is 5.32 Å². The number of nitrogens with zero attached hydrogens (tertiary/aromatic N) is 2. The summed E-state index contributed by atoms with van der Waals surface area (Å²) in [6.07, 6.45) is 3.45. The summed E-state index contributed by atoms with van der Waals surface area (Å²) in [4.78, 5) is 28.6. The molecule has 1 aromatic heterocycles. The number of carbonyl (C=O) groups is 2. The highest BCUT2D eigenvalue weighted by molar-refractivity contribution is 5.80. The predicted molar refractivity (Wildman–Crippen MR) is 87.1 cm³/mol. The van der Waals surface area contributed by atoms with E-state index in [4.69, 9.17) is 9.15 Å². The number of likely N-dealkylation sites (tertiary alicyclic amines) is 1. The molecule has 7 heteroatoms. The first-order chi connectivity index (χ1) is 11.7. The topological polar surface area (TPSA) is 75.0 Å². The van der Waals surface area contributed by atoms with Crippen LogP contribution in [0.5, 0.6) is 0 Å². The second-order valence-corrected chi connectivity index (χ2v) is 6.37. The maximum absolute atomic E-state index is 12.6. The molecule has 1 N–H and O–H groups in total. The summed E-state index contributed by atoms with van der Waals surface area (Å²) in [6, 6.07) is 3.63. The van der Waals surface area contributed by atoms with Crippen LogP contribution in [0.4, 0.5) is 0 Å². The lowest BCUT2D eigenvalue weighted by Crippen LogP contribution is -2.49. The lowest BCUT2D eigenvalue weighted by Gasteiger charge is -2.35. The Labute approximate surface area is 141 Å². The first-order valence-electron chi connectivity index (χ1n) is 8.60. The fourth-order valence-electron chi connectivity index (χ4n) is 3.30. The van der Waals surface area contributed by atoms with E-state index < -0.39 is 0 Å². The maximum atomic E-state index is 12.6. The van der Waals surface area contributed by atoms with E-state index in [0.717, 1.165) is 25.1 Å². The smallest absolute Gasteiger partial charge is 0.234 e. The molecule has 3 heterocycles. The van der Waals surface area contributed by atoms with Crippen molar-refractivity contribution in [2.45, 2.75) is 19.4 Å². The number of carbonyl (C=O) groups excluding carboxylic acids is 2. The maximum Gasteiger partial charge on any atom is 0.234 e. The average molecular weight is 335 g/mol. The van der Waals surface area contributed by atoms with Crippen LogP contribution in [0.1, 0.15) is 18.6 Å². The van der Waals surface area contributed by atoms with Crippen molar-refractivity contribution in [2.24, 2.45) is 5.92 Å². The number of nitrogens with one attached hydrogen (secondary N) is 1. The van der Waals surface area contributed by atoms with Gasteiger partial charge in [0.2, 0.25) is 11.8 Å². The van der Waals surface area contributed by atoms with Crippen molar-refractivity contribution in [3.63, 3.8) is 0 Å². The molecule has 0 aromatic carbocycles. The summed E-state index contributed by atoms with van der Waals surface area (Å²) in [6.45, 7) is 4.85. The van der Waals surface area contributed by atoms with Gasteiger partial charge in [0, 0.05) is 19.6 Å². The van der Waals surface area contributed by atoms with Crippen molar-refractivity contribution in [3.05, 3.63) is 24.2 Å². The third kappa shape index (κ3) is 4.58. The van der Waals surface area contributed by atoms with Crippen molar-refractivity contribution >= 4 is 11.8 Å². The van der Waals surface area contributed by atoms with Crippen LogP contribution in [0.15, 0.2) is 22.8 Å². The lowest BCUT2D eigenvalue weighted by atomic mass is 9.96. The molecule has 2 saturated heterocycles. The van der Waals surface area contributed by atoms with Gasteiger partial charge in [-0.25, -0.2) is 0 Å². The Morgan fingerprint density at radius 3 is 2.83 bits per heavy atom. The Morgan fingerprint density at radius 1 is 1.25 bits per heavy atom. The van der Waals surface area contributed by atoms with Gasteiger partial charge < -0.3 is 19.4 Å². The number of amides is 2. The van der Waals surface area contributed by atoms with Crippen LogP contribution in [0, 0.1) is 5.92 Å². The van der Waals surface area contributed by atoms with E-state index in [-0.39, 0.29) is 17.7 Å². The molecular weight excluding hydrogens is 310 g/mol. The molecule has 2 fully saturated rings. The van der Waals surface area contributed by atoms with Gasteiger partial charge >= 0.3 is 0 Å². The SMILES string of the molecule is O=C(CN1CCCC(C(=O)N2CCOCC2)C1)NCc1ccco1. The number of hydrogen-bond donors (Lipinski definition) is 1. The summed E-state index contributed by atoms with van der Waals surface area (Å²) in [5, 5.41) is 2.85. The normalized spacial score (nSPS) is 22.3. The molecule has 1 unspecified atom stereocenters. The van der Waals surface area contributed by atoms with Gasteiger partial charge in [-0.15, -0.1) is 0 Å². The highest BCUT2D eigenvalue weighted by Gasteiger charge is 2.30. The minimum atomic E-state index is -0.0362. The molecule has 24 heavy (non-hydrogen) atoms. The van der Waals surface area contributed by atoms with Crippen molar-refractivity contribution < 1.29 is 18.7 Å². The van der Waals surface area contributed by atoms with Gasteiger partial charge in [0.05, 0.1) is 38.5 Å². The fraction of sp³-hybridized carbons (Fsp3) is 0.647. The Kier molecular flexibility index (Phi) is 5.87. The highest BCUT2D eigenvalue weighted by Crippen LogP contribution is 2.19. The third-order valence-corrected chi connectivity index (χ3v) is 4.58. The zero-order valence-corrected chi connectivity index (χ0v) is 13.9. The van der Waals surface area contributed by atoms with Crippen LogP contribution in [0.3, 0.4) is 0 Å². The molecule has 2 aliphatic heterocycles. The standard InChI is InChI=1S/C17H25N3O4/c21-16(18-11-15-4-2-8-24-15)13-19-5-1-3-14(12-19)17(22)20-6-9-23-10-7-20/h2,4,8,14H,1,3,5-7,9-13H2,(H,18,21). The molecule has 0 spiro atoms. The van der Waals surface area contributed by atoms with Gasteiger partial charge in [0.25, 0.3) is 0 Å². The zero-order chi connectivity index (χ0) is 16.8. The summed E-state index contributed by atoms with van der Waals surface area (Å²) in [5.41, 5.74) is 0. The minimum absolute atomic E-state index is 0.00489.